The maximum absolute atomic E-state index is 2.63. The normalized spacial score (nSPS) is 26.4. The minimum Gasteiger partial charge on any atom is -0.0730 e. The molecule has 3 aromatic rings. The predicted octanol–water partition coefficient (Wildman–Crippen LogP) is 8.52. The third-order valence-electron chi connectivity index (χ3n) is 8.35. The lowest BCUT2D eigenvalue weighted by atomic mass is 9.65. The second-order valence-corrected chi connectivity index (χ2v) is 11.3. The topological polar surface area (TPSA) is 0 Å². The summed E-state index contributed by atoms with van der Waals surface area (Å²) in [6, 6.07) is 29.5. The molecule has 0 radical (unpaired) electrons. The zero-order chi connectivity index (χ0) is 22.1. The quantitative estimate of drug-likeness (QED) is 0.393. The summed E-state index contributed by atoms with van der Waals surface area (Å²) >= 11 is 0. The number of benzene rings is 3. The third-order valence-corrected chi connectivity index (χ3v) is 8.35. The van der Waals surface area contributed by atoms with Crippen LogP contribution in [0.4, 0.5) is 0 Å². The Morgan fingerprint density at radius 1 is 0.750 bits per heavy atom. The van der Waals surface area contributed by atoms with Crippen LogP contribution < -0.4 is 0 Å². The molecule has 0 aliphatic heterocycles. The molecule has 0 heteroatoms. The molecule has 160 valence electrons. The highest BCUT2D eigenvalue weighted by Crippen LogP contribution is 2.67. The van der Waals surface area contributed by atoms with Gasteiger partial charge >= 0.3 is 0 Å². The molecule has 1 fully saturated rings. The minimum atomic E-state index is 0.141. The summed E-state index contributed by atoms with van der Waals surface area (Å²) in [6.07, 6.45) is 6.37. The van der Waals surface area contributed by atoms with E-state index in [1.807, 2.05) is 0 Å². The van der Waals surface area contributed by atoms with Gasteiger partial charge < -0.3 is 0 Å². The van der Waals surface area contributed by atoms with Crippen LogP contribution in [0.1, 0.15) is 62.6 Å². The van der Waals surface area contributed by atoms with Crippen LogP contribution in [0, 0.1) is 16.7 Å². The van der Waals surface area contributed by atoms with Crippen LogP contribution in [0.2, 0.25) is 0 Å². The van der Waals surface area contributed by atoms with E-state index < -0.39 is 0 Å². The minimum absolute atomic E-state index is 0.141. The molecule has 0 aromatic heterocycles. The van der Waals surface area contributed by atoms with Gasteiger partial charge in [0.15, 0.2) is 0 Å². The Kier molecular flexibility index (Phi) is 4.22. The Balaban J connectivity index is 1.55. The first kappa shape index (κ1) is 19.8. The van der Waals surface area contributed by atoms with E-state index in [0.717, 1.165) is 0 Å². The van der Waals surface area contributed by atoms with Crippen LogP contribution in [-0.2, 0) is 0 Å². The summed E-state index contributed by atoms with van der Waals surface area (Å²) in [5.74, 6) is 1.39. The number of hydrogen-bond acceptors (Lipinski definition) is 0. The molecule has 3 aliphatic rings. The lowest BCUT2D eigenvalue weighted by Gasteiger charge is -2.37. The van der Waals surface area contributed by atoms with E-state index in [0.29, 0.717) is 17.8 Å². The first-order valence-electron chi connectivity index (χ1n) is 12.0. The van der Waals surface area contributed by atoms with Gasteiger partial charge in [-0.1, -0.05) is 124 Å². The number of allylic oxidation sites excluding steroid dienone is 4. The van der Waals surface area contributed by atoms with Crippen molar-refractivity contribution in [2.24, 2.45) is 16.7 Å². The molecular weight excluding hydrogens is 384 g/mol. The number of rotatable bonds is 2. The molecule has 0 amide bonds. The Hall–Kier alpha value is -2.86. The summed E-state index contributed by atoms with van der Waals surface area (Å²) in [5.41, 5.74) is 10.8. The molecule has 1 saturated carbocycles. The largest absolute Gasteiger partial charge is 0.0730 e. The van der Waals surface area contributed by atoms with Crippen LogP contribution in [0.3, 0.4) is 0 Å². The van der Waals surface area contributed by atoms with E-state index >= 15 is 0 Å². The lowest BCUT2D eigenvalue weighted by molar-refractivity contribution is 0.245. The van der Waals surface area contributed by atoms with Gasteiger partial charge in [-0.05, 0) is 50.6 Å². The summed E-state index contributed by atoms with van der Waals surface area (Å²) in [7, 11) is 0. The van der Waals surface area contributed by atoms with Gasteiger partial charge in [0.25, 0.3) is 0 Å². The molecule has 0 bridgehead atoms. The SMILES string of the molecule is CC(C)(C)C1=CC2C(=C1)C(c1ccccc1)CC2(C)C1c2ccccc2-c2ccccc21. The Bertz CT molecular complexity index is 1200. The van der Waals surface area contributed by atoms with Crippen molar-refractivity contribution in [1.29, 1.82) is 0 Å². The van der Waals surface area contributed by atoms with Crippen molar-refractivity contribution in [2.75, 3.05) is 0 Å². The first-order valence-corrected chi connectivity index (χ1v) is 12.0. The van der Waals surface area contributed by atoms with Gasteiger partial charge in [0.2, 0.25) is 0 Å². The molecule has 0 nitrogen and oxygen atoms in total. The van der Waals surface area contributed by atoms with Crippen molar-refractivity contribution in [3.05, 3.63) is 119 Å². The average molecular weight is 417 g/mol. The molecule has 0 heterocycles. The Morgan fingerprint density at radius 2 is 1.31 bits per heavy atom. The maximum Gasteiger partial charge on any atom is 0.0164 e. The fraction of sp³-hybridized carbons (Fsp3) is 0.312. The highest BCUT2D eigenvalue weighted by molar-refractivity contribution is 5.79. The first-order chi connectivity index (χ1) is 15.4. The summed E-state index contributed by atoms with van der Waals surface area (Å²) in [6.45, 7) is 9.63. The summed E-state index contributed by atoms with van der Waals surface area (Å²) < 4.78 is 0. The monoisotopic (exact) mass is 416 g/mol. The van der Waals surface area contributed by atoms with Crippen LogP contribution >= 0.6 is 0 Å². The van der Waals surface area contributed by atoms with Gasteiger partial charge in [-0.3, -0.25) is 0 Å². The van der Waals surface area contributed by atoms with Gasteiger partial charge in [0.1, 0.15) is 0 Å². The molecule has 0 N–H and O–H groups in total. The fourth-order valence-electron chi connectivity index (χ4n) is 6.79. The molecule has 32 heavy (non-hydrogen) atoms. The zero-order valence-corrected chi connectivity index (χ0v) is 19.6. The van der Waals surface area contributed by atoms with Gasteiger partial charge in [0.05, 0.1) is 0 Å². The second-order valence-electron chi connectivity index (χ2n) is 11.3. The third kappa shape index (κ3) is 2.75. The Labute approximate surface area is 192 Å². The van der Waals surface area contributed by atoms with Crippen molar-refractivity contribution in [1.82, 2.24) is 0 Å². The zero-order valence-electron chi connectivity index (χ0n) is 19.6. The van der Waals surface area contributed by atoms with Crippen molar-refractivity contribution < 1.29 is 0 Å². The average Bonchev–Trinajstić information content (AvgIpc) is 3.45. The van der Waals surface area contributed by atoms with E-state index in [2.05, 4.69) is 119 Å². The van der Waals surface area contributed by atoms with E-state index in [-0.39, 0.29) is 10.8 Å². The number of hydrogen-bond donors (Lipinski definition) is 0. The van der Waals surface area contributed by atoms with Gasteiger partial charge in [0, 0.05) is 17.8 Å². The standard InChI is InChI=1S/C32H32/c1-31(2,3)22-18-27-28(21-12-6-5-7-13-21)20-32(4,29(27)19-22)30-25-16-10-8-14-23(25)24-15-9-11-17-26(24)30/h5-19,28-30H,20H2,1-4H3. The Morgan fingerprint density at radius 3 is 1.91 bits per heavy atom. The van der Waals surface area contributed by atoms with Crippen LogP contribution in [-0.4, -0.2) is 0 Å². The summed E-state index contributed by atoms with van der Waals surface area (Å²) in [4.78, 5) is 0. The summed E-state index contributed by atoms with van der Waals surface area (Å²) in [5, 5.41) is 0. The van der Waals surface area contributed by atoms with Crippen molar-refractivity contribution in [2.45, 2.75) is 46.0 Å². The molecular formula is C32H32. The van der Waals surface area contributed by atoms with Crippen LogP contribution in [0.5, 0.6) is 0 Å². The maximum atomic E-state index is 2.63. The van der Waals surface area contributed by atoms with E-state index in [9.17, 15) is 0 Å². The molecule has 6 rings (SSSR count). The smallest absolute Gasteiger partial charge is 0.0164 e. The van der Waals surface area contributed by atoms with Crippen molar-refractivity contribution in [3.8, 4) is 11.1 Å². The molecule has 3 atom stereocenters. The lowest BCUT2D eigenvalue weighted by Crippen LogP contribution is -2.29. The molecule has 3 unspecified atom stereocenters. The molecule has 3 aromatic carbocycles. The van der Waals surface area contributed by atoms with Gasteiger partial charge in [-0.25, -0.2) is 0 Å². The molecule has 0 spiro atoms. The van der Waals surface area contributed by atoms with Crippen LogP contribution in [0.25, 0.3) is 11.1 Å². The molecule has 3 aliphatic carbocycles. The van der Waals surface area contributed by atoms with E-state index in [4.69, 9.17) is 0 Å². The van der Waals surface area contributed by atoms with Crippen molar-refractivity contribution >= 4 is 0 Å². The highest BCUT2D eigenvalue weighted by atomic mass is 14.6. The van der Waals surface area contributed by atoms with Crippen LogP contribution in [0.15, 0.2) is 102 Å². The van der Waals surface area contributed by atoms with Gasteiger partial charge in [-0.2, -0.15) is 0 Å². The van der Waals surface area contributed by atoms with E-state index in [1.165, 1.54) is 39.8 Å². The van der Waals surface area contributed by atoms with E-state index in [1.54, 1.807) is 5.57 Å². The van der Waals surface area contributed by atoms with Crippen molar-refractivity contribution in [3.63, 3.8) is 0 Å². The highest BCUT2D eigenvalue weighted by Gasteiger charge is 2.55. The number of fused-ring (bicyclic) bond motifs is 4. The molecule has 0 saturated heterocycles. The fourth-order valence-corrected chi connectivity index (χ4v) is 6.79. The second kappa shape index (κ2) is 6.82. The predicted molar refractivity (Wildman–Crippen MR) is 135 cm³/mol. The van der Waals surface area contributed by atoms with Gasteiger partial charge in [-0.15, -0.1) is 0 Å².